The fourth-order valence-corrected chi connectivity index (χ4v) is 5.73. The van der Waals surface area contributed by atoms with Gasteiger partial charge in [-0.3, -0.25) is 4.79 Å². The third-order valence-electron chi connectivity index (χ3n) is 7.23. The van der Waals surface area contributed by atoms with Crippen LogP contribution in [0.1, 0.15) is 35.2 Å². The Kier molecular flexibility index (Phi) is 6.35. The largest absolute Gasteiger partial charge is 0.497 e. The van der Waals surface area contributed by atoms with Crippen LogP contribution in [0, 0.1) is 19.8 Å². The predicted molar refractivity (Wildman–Crippen MR) is 145 cm³/mol. The molecule has 36 heavy (non-hydrogen) atoms. The van der Waals surface area contributed by atoms with Crippen LogP contribution in [0.3, 0.4) is 0 Å². The standard InChI is InChI=1S/C29H31N3O3S/c1-18-10-12-23(19(2)16-18)30-27(33)25-26-22-17-21(34-4)11-13-24(22)35-29(25,3)32(28(36)31-26)15-14-20-8-6-5-7-9-20/h5-13,16-17,25-26H,14-15H2,1-4H3,(H,30,33)(H,31,36). The molecule has 0 aliphatic carbocycles. The predicted octanol–water partition coefficient (Wildman–Crippen LogP) is 5.15. The number of thiocarbonyl (C=S) groups is 1. The molecule has 5 rings (SSSR count). The molecule has 3 unspecified atom stereocenters. The van der Waals surface area contributed by atoms with E-state index < -0.39 is 11.6 Å². The van der Waals surface area contributed by atoms with Crippen LogP contribution < -0.4 is 20.1 Å². The zero-order chi connectivity index (χ0) is 25.4. The van der Waals surface area contributed by atoms with Gasteiger partial charge in [-0.25, -0.2) is 0 Å². The van der Waals surface area contributed by atoms with Gasteiger partial charge in [0.15, 0.2) is 10.8 Å². The fourth-order valence-electron chi connectivity index (χ4n) is 5.33. The van der Waals surface area contributed by atoms with Crippen molar-refractivity contribution in [1.29, 1.82) is 0 Å². The van der Waals surface area contributed by atoms with Crippen molar-refractivity contribution in [3.63, 3.8) is 0 Å². The fraction of sp³-hybridized carbons (Fsp3) is 0.310. The molecular weight excluding hydrogens is 470 g/mol. The first-order valence-corrected chi connectivity index (χ1v) is 12.6. The lowest BCUT2D eigenvalue weighted by atomic mass is 9.78. The number of aryl methyl sites for hydroxylation is 2. The van der Waals surface area contributed by atoms with Gasteiger partial charge in [0.1, 0.15) is 17.4 Å². The molecule has 3 aromatic rings. The molecule has 7 heteroatoms. The highest BCUT2D eigenvalue weighted by molar-refractivity contribution is 7.80. The van der Waals surface area contributed by atoms with E-state index in [0.717, 1.165) is 34.5 Å². The minimum absolute atomic E-state index is 0.123. The van der Waals surface area contributed by atoms with E-state index in [9.17, 15) is 4.79 Å². The SMILES string of the molecule is COc1ccc2c(c1)C1NC(=S)N(CCc3ccccc3)C(C)(O2)C1C(=O)Nc1ccc(C)cc1C. The van der Waals surface area contributed by atoms with Crippen LogP contribution >= 0.6 is 12.2 Å². The van der Waals surface area contributed by atoms with Crippen molar-refractivity contribution in [3.05, 3.63) is 89.0 Å². The normalized spacial score (nSPS) is 22.2. The number of hydrogen-bond donors (Lipinski definition) is 2. The highest BCUT2D eigenvalue weighted by Crippen LogP contribution is 2.49. The molecule has 3 aromatic carbocycles. The maximum Gasteiger partial charge on any atom is 0.236 e. The molecule has 3 atom stereocenters. The van der Waals surface area contributed by atoms with Crippen molar-refractivity contribution in [3.8, 4) is 11.5 Å². The van der Waals surface area contributed by atoms with Crippen molar-refractivity contribution < 1.29 is 14.3 Å². The summed E-state index contributed by atoms with van der Waals surface area (Å²) in [5.41, 5.74) is 4.03. The minimum Gasteiger partial charge on any atom is -0.497 e. The molecule has 0 saturated carbocycles. The van der Waals surface area contributed by atoms with Crippen molar-refractivity contribution >= 4 is 28.9 Å². The Balaban J connectivity index is 1.53. The second-order valence-electron chi connectivity index (χ2n) is 9.66. The summed E-state index contributed by atoms with van der Waals surface area (Å²) < 4.78 is 12.1. The smallest absolute Gasteiger partial charge is 0.236 e. The van der Waals surface area contributed by atoms with E-state index in [2.05, 4.69) is 28.8 Å². The number of benzene rings is 3. The monoisotopic (exact) mass is 501 g/mol. The van der Waals surface area contributed by atoms with E-state index in [4.69, 9.17) is 21.7 Å². The number of amides is 1. The van der Waals surface area contributed by atoms with E-state index in [-0.39, 0.29) is 11.9 Å². The zero-order valence-electron chi connectivity index (χ0n) is 21.0. The van der Waals surface area contributed by atoms with Gasteiger partial charge in [0.25, 0.3) is 0 Å². The summed E-state index contributed by atoms with van der Waals surface area (Å²) >= 11 is 5.84. The van der Waals surface area contributed by atoms with Crippen LogP contribution in [0.25, 0.3) is 0 Å². The second-order valence-corrected chi connectivity index (χ2v) is 10.0. The maximum atomic E-state index is 14.0. The Hall–Kier alpha value is -3.58. The third kappa shape index (κ3) is 4.28. The number of nitrogens with one attached hydrogen (secondary N) is 2. The summed E-state index contributed by atoms with van der Waals surface area (Å²) in [4.78, 5) is 16.0. The first-order valence-electron chi connectivity index (χ1n) is 12.2. The lowest BCUT2D eigenvalue weighted by Gasteiger charge is -2.56. The topological polar surface area (TPSA) is 62.8 Å². The molecule has 2 N–H and O–H groups in total. The van der Waals surface area contributed by atoms with Crippen LogP contribution in [-0.2, 0) is 11.2 Å². The highest BCUT2D eigenvalue weighted by Gasteiger charge is 2.58. The van der Waals surface area contributed by atoms with E-state index in [1.165, 1.54) is 5.56 Å². The van der Waals surface area contributed by atoms with Crippen LogP contribution in [0.4, 0.5) is 5.69 Å². The number of nitrogens with zero attached hydrogens (tertiary/aromatic N) is 1. The van der Waals surface area contributed by atoms with Gasteiger partial charge in [-0.15, -0.1) is 0 Å². The number of fused-ring (bicyclic) bond motifs is 4. The first-order chi connectivity index (χ1) is 17.3. The number of anilines is 1. The van der Waals surface area contributed by atoms with Gasteiger partial charge in [-0.2, -0.15) is 0 Å². The second kappa shape index (κ2) is 9.47. The van der Waals surface area contributed by atoms with Gasteiger partial charge in [0, 0.05) is 17.8 Å². The first kappa shape index (κ1) is 24.1. The van der Waals surface area contributed by atoms with E-state index in [0.29, 0.717) is 17.4 Å². The van der Waals surface area contributed by atoms with Gasteiger partial charge >= 0.3 is 0 Å². The summed E-state index contributed by atoms with van der Waals surface area (Å²) in [6, 6.07) is 21.6. The number of methoxy groups -OCH3 is 1. The Morgan fingerprint density at radius 2 is 1.92 bits per heavy atom. The summed E-state index contributed by atoms with van der Waals surface area (Å²) in [6.07, 6.45) is 0.771. The van der Waals surface area contributed by atoms with Crippen molar-refractivity contribution in [2.75, 3.05) is 19.0 Å². The van der Waals surface area contributed by atoms with Gasteiger partial charge in [-0.1, -0.05) is 48.0 Å². The van der Waals surface area contributed by atoms with Gasteiger partial charge in [0.05, 0.1) is 13.2 Å². The zero-order valence-corrected chi connectivity index (χ0v) is 21.8. The number of carbonyl (C=O) groups excluding carboxylic acids is 1. The Labute approximate surface area is 217 Å². The van der Waals surface area contributed by atoms with Gasteiger partial charge < -0.3 is 25.0 Å². The third-order valence-corrected chi connectivity index (χ3v) is 7.57. The van der Waals surface area contributed by atoms with Crippen LogP contribution in [0.2, 0.25) is 0 Å². The van der Waals surface area contributed by atoms with Crippen LogP contribution in [-0.4, -0.2) is 35.3 Å². The Morgan fingerprint density at radius 1 is 1.14 bits per heavy atom. The molecule has 6 nitrogen and oxygen atoms in total. The van der Waals surface area contributed by atoms with Gasteiger partial charge in [-0.05, 0) is 74.8 Å². The number of carbonyl (C=O) groups is 1. The molecule has 1 fully saturated rings. The minimum atomic E-state index is -0.980. The number of rotatable bonds is 6. The molecule has 1 saturated heterocycles. The lowest BCUT2D eigenvalue weighted by Crippen LogP contribution is -2.71. The van der Waals surface area contributed by atoms with Gasteiger partial charge in [0.2, 0.25) is 5.91 Å². The lowest BCUT2D eigenvalue weighted by molar-refractivity contribution is -0.149. The van der Waals surface area contributed by atoms with E-state index in [1.807, 2.05) is 74.2 Å². The average molecular weight is 502 g/mol. The summed E-state index contributed by atoms with van der Waals surface area (Å²) in [7, 11) is 1.63. The van der Waals surface area contributed by atoms with Crippen LogP contribution in [0.15, 0.2) is 66.7 Å². The highest BCUT2D eigenvalue weighted by atomic mass is 32.1. The number of ether oxygens (including phenoxy) is 2. The molecule has 1 amide bonds. The molecule has 0 radical (unpaired) electrons. The summed E-state index contributed by atoms with van der Waals surface area (Å²) in [5, 5.41) is 7.21. The average Bonchev–Trinajstić information content (AvgIpc) is 2.85. The summed E-state index contributed by atoms with van der Waals surface area (Å²) in [6.45, 7) is 6.62. The molecule has 0 aromatic heterocycles. The van der Waals surface area contributed by atoms with Crippen LogP contribution in [0.5, 0.6) is 11.5 Å². The van der Waals surface area contributed by atoms with Crippen molar-refractivity contribution in [1.82, 2.24) is 10.2 Å². The molecule has 2 aliphatic rings. The van der Waals surface area contributed by atoms with E-state index >= 15 is 0 Å². The quantitative estimate of drug-likeness (QED) is 0.456. The Morgan fingerprint density at radius 3 is 2.64 bits per heavy atom. The molecule has 2 heterocycles. The number of hydrogen-bond acceptors (Lipinski definition) is 4. The molecule has 186 valence electrons. The van der Waals surface area contributed by atoms with E-state index in [1.54, 1.807) is 7.11 Å². The summed E-state index contributed by atoms with van der Waals surface area (Å²) in [5.74, 6) is 0.732. The Bertz CT molecular complexity index is 1310. The molecule has 2 bridgehead atoms. The molecule has 2 aliphatic heterocycles. The van der Waals surface area contributed by atoms with Crippen molar-refractivity contribution in [2.24, 2.45) is 5.92 Å². The molecular formula is C29H31N3O3S. The van der Waals surface area contributed by atoms with Crippen molar-refractivity contribution in [2.45, 2.75) is 39.0 Å². The molecule has 0 spiro atoms. The maximum absolute atomic E-state index is 14.0.